The summed E-state index contributed by atoms with van der Waals surface area (Å²) in [7, 11) is 0. The summed E-state index contributed by atoms with van der Waals surface area (Å²) in [6.07, 6.45) is 0.355. The van der Waals surface area contributed by atoms with Gasteiger partial charge in [0.05, 0.1) is 0 Å². The number of hydrogen-bond donors (Lipinski definition) is 0. The fourth-order valence-electron chi connectivity index (χ4n) is 0.743. The second-order valence-electron chi connectivity index (χ2n) is 2.08. The quantitative estimate of drug-likeness (QED) is 0.382. The maximum atomic E-state index is 12.0. The molecule has 0 aromatic rings. The molecule has 0 atom stereocenters. The summed E-state index contributed by atoms with van der Waals surface area (Å²) in [6, 6.07) is 0. The van der Waals surface area contributed by atoms with Crippen molar-refractivity contribution in [2.45, 2.75) is 22.7 Å². The van der Waals surface area contributed by atoms with Crippen molar-refractivity contribution in [3.8, 4) is 0 Å². The Balaban J connectivity index is 2.21. The molecule has 3 heteroatoms. The minimum absolute atomic E-state index is 0.0918. The third kappa shape index (κ3) is 1.30. The summed E-state index contributed by atoms with van der Waals surface area (Å²) in [5.41, 5.74) is 0. The van der Waals surface area contributed by atoms with E-state index in [4.69, 9.17) is 0 Å². The van der Waals surface area contributed by atoms with Crippen molar-refractivity contribution in [1.29, 1.82) is 0 Å². The van der Waals surface area contributed by atoms with E-state index in [1.165, 1.54) is 0 Å². The van der Waals surface area contributed by atoms with Crippen LogP contribution >= 0.6 is 0 Å². The molecule has 0 nitrogen and oxygen atoms in total. The average Bonchev–Trinajstić information content (AvgIpc) is 1.60. The monoisotopic (exact) mass is 233 g/mol. The zero-order valence-corrected chi connectivity index (χ0v) is 6.78. The van der Waals surface area contributed by atoms with Gasteiger partial charge in [-0.1, -0.05) is 0 Å². The summed E-state index contributed by atoms with van der Waals surface area (Å²) < 4.78 is 24.4. The van der Waals surface area contributed by atoms with Crippen LogP contribution in [0, 0.1) is 0 Å². The van der Waals surface area contributed by atoms with Crippen LogP contribution in [0.4, 0.5) is 8.78 Å². The second kappa shape index (κ2) is 2.08. The van der Waals surface area contributed by atoms with Gasteiger partial charge in [0.25, 0.3) is 0 Å². The van der Waals surface area contributed by atoms with Crippen LogP contribution in [0.25, 0.3) is 0 Å². The van der Waals surface area contributed by atoms with Gasteiger partial charge in [-0.05, 0) is 0 Å². The molecule has 0 aromatic heterocycles. The summed E-state index contributed by atoms with van der Waals surface area (Å²) in [5, 5.41) is 0. The summed E-state index contributed by atoms with van der Waals surface area (Å²) in [6.45, 7) is 0. The Labute approximate surface area is 57.9 Å². The van der Waals surface area contributed by atoms with E-state index in [1.54, 1.807) is 0 Å². The summed E-state index contributed by atoms with van der Waals surface area (Å²) in [5.74, 6) is -2.28. The van der Waals surface area contributed by atoms with E-state index >= 15 is 0 Å². The first kappa shape index (κ1) is 6.71. The molecule has 50 valence electrons. The summed E-state index contributed by atoms with van der Waals surface area (Å²) in [4.78, 5) is 2.07. The zero-order chi connectivity index (χ0) is 6.20. The van der Waals surface area contributed by atoms with E-state index in [-0.39, 0.29) is 34.0 Å². The topological polar surface area (TPSA) is 0 Å². The number of alkyl halides is 4. The van der Waals surface area contributed by atoms with Crippen LogP contribution in [-0.2, 0) is 0 Å². The van der Waals surface area contributed by atoms with Gasteiger partial charge < -0.3 is 0 Å². The van der Waals surface area contributed by atoms with Gasteiger partial charge in [0.2, 0.25) is 0 Å². The molecule has 1 aliphatic carbocycles. The molecule has 0 aromatic carbocycles. The predicted molar refractivity (Wildman–Crippen MR) is 23.9 cm³/mol. The van der Waals surface area contributed by atoms with Crippen LogP contribution in [0.5, 0.6) is 0 Å². The third-order valence-corrected chi connectivity index (χ3v) is 3.99. The fraction of sp³-hybridized carbons (Fsp3) is 1.00. The van der Waals surface area contributed by atoms with E-state index < -0.39 is 5.92 Å². The number of rotatable bonds is 1. The van der Waals surface area contributed by atoms with Crippen LogP contribution in [0.1, 0.15) is 12.8 Å². The molecule has 1 rings (SSSR count). The Morgan fingerprint density at radius 1 is 1.50 bits per heavy atom. The Bertz CT molecular complexity index is 84.4. The molecule has 1 fully saturated rings. The molecule has 0 amide bonds. The maximum absolute atomic E-state index is 12.0. The average molecular weight is 233 g/mol. The van der Waals surface area contributed by atoms with Crippen molar-refractivity contribution in [2.75, 3.05) is 4.93 Å². The Kier molecular flexibility index (Phi) is 1.74. The number of halogens is 3. The van der Waals surface area contributed by atoms with Gasteiger partial charge in [0, 0.05) is 0 Å². The van der Waals surface area contributed by atoms with Gasteiger partial charge in [-0.25, -0.2) is 0 Å². The molecule has 0 heterocycles. The van der Waals surface area contributed by atoms with Crippen molar-refractivity contribution >= 4 is 0 Å². The van der Waals surface area contributed by atoms with E-state index in [1.807, 2.05) is 0 Å². The van der Waals surface area contributed by atoms with Gasteiger partial charge in [-0.3, -0.25) is 0 Å². The first-order valence-corrected chi connectivity index (χ1v) is 5.90. The number of hydrogen-bond acceptors (Lipinski definition) is 0. The Morgan fingerprint density at radius 2 is 2.00 bits per heavy atom. The van der Waals surface area contributed by atoms with Crippen molar-refractivity contribution in [3.05, 3.63) is 0 Å². The molecule has 0 radical (unpaired) electrons. The minimum atomic E-state index is -2.28. The van der Waals surface area contributed by atoms with Crippen LogP contribution in [0.15, 0.2) is 0 Å². The predicted octanol–water partition coefficient (Wildman–Crippen LogP) is -1.50. The van der Waals surface area contributed by atoms with E-state index in [0.29, 0.717) is 3.92 Å². The van der Waals surface area contributed by atoms with Gasteiger partial charge in [0.15, 0.2) is 0 Å². The molecule has 0 unspecified atom stereocenters. The van der Waals surface area contributed by atoms with Gasteiger partial charge >= 0.3 is 57.6 Å². The van der Waals surface area contributed by atoms with Crippen molar-refractivity contribution in [2.24, 2.45) is 0 Å². The first-order valence-electron chi connectivity index (χ1n) is 2.50. The second-order valence-corrected chi connectivity index (χ2v) is 5.09. The molecule has 0 saturated heterocycles. The van der Waals surface area contributed by atoms with E-state index in [2.05, 4.69) is 4.93 Å². The van der Waals surface area contributed by atoms with E-state index in [9.17, 15) is 8.78 Å². The standard InChI is InChI=1S/C5H8F2I/c1-8-4-2-5(6,7)3-4/h4H,2-3H2,1H3/q-1. The molecule has 8 heavy (non-hydrogen) atoms. The normalized spacial score (nSPS) is 27.9. The SMILES string of the molecule is C[I-]C1CC(F)(F)C1. The fourth-order valence-corrected chi connectivity index (χ4v) is 2.91. The molecule has 0 aliphatic heterocycles. The molecular formula is C5H8F2I-. The van der Waals surface area contributed by atoms with Crippen molar-refractivity contribution in [1.82, 2.24) is 0 Å². The van der Waals surface area contributed by atoms with Crippen LogP contribution in [0.2, 0.25) is 0 Å². The van der Waals surface area contributed by atoms with Crippen LogP contribution in [0.3, 0.4) is 0 Å². The zero-order valence-electron chi connectivity index (χ0n) is 4.63. The van der Waals surface area contributed by atoms with Gasteiger partial charge in [-0.15, -0.1) is 0 Å². The Hall–Kier alpha value is 0.590. The molecule has 0 spiro atoms. The van der Waals surface area contributed by atoms with Gasteiger partial charge in [-0.2, -0.15) is 0 Å². The molecule has 1 saturated carbocycles. The van der Waals surface area contributed by atoms with Gasteiger partial charge in [0.1, 0.15) is 0 Å². The molecule has 1 aliphatic rings. The van der Waals surface area contributed by atoms with Crippen LogP contribution in [-0.4, -0.2) is 14.8 Å². The van der Waals surface area contributed by atoms with Crippen molar-refractivity contribution in [3.63, 3.8) is 0 Å². The molecule has 0 bridgehead atoms. The summed E-state index contributed by atoms with van der Waals surface area (Å²) >= 11 is 0.0918. The Morgan fingerprint density at radius 3 is 2.12 bits per heavy atom. The third-order valence-electron chi connectivity index (χ3n) is 1.35. The first-order chi connectivity index (χ1) is 3.64. The van der Waals surface area contributed by atoms with Crippen LogP contribution < -0.4 is 21.2 Å². The molecule has 0 N–H and O–H groups in total. The van der Waals surface area contributed by atoms with Crippen molar-refractivity contribution < 1.29 is 30.0 Å². The van der Waals surface area contributed by atoms with E-state index in [0.717, 1.165) is 0 Å². The molecular weight excluding hydrogens is 225 g/mol.